The fraction of sp³-hybridized carbons (Fsp3) is 0.500. The molecule has 4 heteroatoms. The van der Waals surface area contributed by atoms with E-state index >= 15 is 0 Å². The maximum absolute atomic E-state index is 4.24. The average molecular weight is 183 g/mol. The number of thioether (sulfide) groups is 1. The Balaban J connectivity index is 2.53. The van der Waals surface area contributed by atoms with E-state index in [-0.39, 0.29) is 0 Å². The minimum absolute atomic E-state index is 0.820. The SMILES string of the molecule is CCSCc1cnc(NC)cn1. The van der Waals surface area contributed by atoms with Gasteiger partial charge in [0.25, 0.3) is 0 Å². The number of hydrogen-bond acceptors (Lipinski definition) is 4. The molecule has 1 heterocycles. The van der Waals surface area contributed by atoms with E-state index in [1.807, 2.05) is 25.0 Å². The van der Waals surface area contributed by atoms with Crippen molar-refractivity contribution in [3.63, 3.8) is 0 Å². The summed E-state index contributed by atoms with van der Waals surface area (Å²) in [5.74, 6) is 2.89. The average Bonchev–Trinajstić information content (AvgIpc) is 2.15. The molecule has 1 N–H and O–H groups in total. The zero-order chi connectivity index (χ0) is 8.81. The maximum Gasteiger partial charge on any atom is 0.144 e. The quantitative estimate of drug-likeness (QED) is 0.772. The Bertz CT molecular complexity index is 222. The molecule has 12 heavy (non-hydrogen) atoms. The van der Waals surface area contributed by atoms with Gasteiger partial charge < -0.3 is 5.32 Å². The fourth-order valence-electron chi connectivity index (χ4n) is 0.765. The summed E-state index contributed by atoms with van der Waals surface area (Å²) in [6, 6.07) is 0. The molecule has 0 unspecified atom stereocenters. The number of nitrogens with zero attached hydrogens (tertiary/aromatic N) is 2. The smallest absolute Gasteiger partial charge is 0.144 e. The van der Waals surface area contributed by atoms with Gasteiger partial charge in [0.05, 0.1) is 18.1 Å². The third-order valence-corrected chi connectivity index (χ3v) is 2.32. The number of rotatable bonds is 4. The predicted octanol–water partition coefficient (Wildman–Crippen LogP) is 1.77. The molecule has 1 aromatic rings. The Morgan fingerprint density at radius 1 is 1.42 bits per heavy atom. The summed E-state index contributed by atoms with van der Waals surface area (Å²) in [5.41, 5.74) is 1.04. The van der Waals surface area contributed by atoms with Gasteiger partial charge in [-0.25, -0.2) is 4.98 Å². The lowest BCUT2D eigenvalue weighted by Gasteiger charge is -2.00. The molecule has 0 spiro atoms. The zero-order valence-electron chi connectivity index (χ0n) is 7.37. The summed E-state index contributed by atoms with van der Waals surface area (Å²) in [4.78, 5) is 8.40. The van der Waals surface area contributed by atoms with Gasteiger partial charge in [-0.15, -0.1) is 0 Å². The molecule has 0 aliphatic heterocycles. The van der Waals surface area contributed by atoms with Crippen molar-refractivity contribution in [2.45, 2.75) is 12.7 Å². The molecule has 0 amide bonds. The van der Waals surface area contributed by atoms with Crippen LogP contribution in [0.25, 0.3) is 0 Å². The van der Waals surface area contributed by atoms with Crippen LogP contribution < -0.4 is 5.32 Å². The van der Waals surface area contributed by atoms with Gasteiger partial charge >= 0.3 is 0 Å². The highest BCUT2D eigenvalue weighted by molar-refractivity contribution is 7.98. The van der Waals surface area contributed by atoms with Gasteiger partial charge in [-0.3, -0.25) is 4.98 Å². The third kappa shape index (κ3) is 2.70. The molecule has 0 saturated carbocycles. The van der Waals surface area contributed by atoms with Crippen LogP contribution in [0.1, 0.15) is 12.6 Å². The molecule has 1 aromatic heterocycles. The number of aromatic nitrogens is 2. The van der Waals surface area contributed by atoms with Gasteiger partial charge in [-0.2, -0.15) is 11.8 Å². The van der Waals surface area contributed by atoms with Crippen molar-refractivity contribution in [3.8, 4) is 0 Å². The molecule has 0 aliphatic rings. The number of hydrogen-bond donors (Lipinski definition) is 1. The van der Waals surface area contributed by atoms with Crippen LogP contribution in [-0.2, 0) is 5.75 Å². The molecule has 0 radical (unpaired) electrons. The van der Waals surface area contributed by atoms with Gasteiger partial charge in [0.1, 0.15) is 5.82 Å². The van der Waals surface area contributed by atoms with E-state index in [1.165, 1.54) is 0 Å². The van der Waals surface area contributed by atoms with Crippen LogP contribution in [-0.4, -0.2) is 22.8 Å². The van der Waals surface area contributed by atoms with Crippen LogP contribution in [0.2, 0.25) is 0 Å². The lowest BCUT2D eigenvalue weighted by Crippen LogP contribution is -1.95. The van der Waals surface area contributed by atoms with Gasteiger partial charge in [0, 0.05) is 12.8 Å². The highest BCUT2D eigenvalue weighted by atomic mass is 32.2. The van der Waals surface area contributed by atoms with E-state index in [0.717, 1.165) is 23.0 Å². The second-order valence-corrected chi connectivity index (χ2v) is 3.55. The molecule has 0 bridgehead atoms. The molecule has 66 valence electrons. The summed E-state index contributed by atoms with van der Waals surface area (Å²) < 4.78 is 0. The Labute approximate surface area is 77.0 Å². The Kier molecular flexibility index (Phi) is 3.87. The van der Waals surface area contributed by atoms with Gasteiger partial charge in [-0.05, 0) is 5.75 Å². The summed E-state index contributed by atoms with van der Waals surface area (Å²) >= 11 is 1.85. The summed E-state index contributed by atoms with van der Waals surface area (Å²) in [6.45, 7) is 2.14. The third-order valence-electron chi connectivity index (χ3n) is 1.42. The molecule has 0 saturated heterocycles. The molecular formula is C8H13N3S. The van der Waals surface area contributed by atoms with Gasteiger partial charge in [-0.1, -0.05) is 6.92 Å². The van der Waals surface area contributed by atoms with Crippen LogP contribution in [0.4, 0.5) is 5.82 Å². The predicted molar refractivity (Wildman–Crippen MR) is 53.4 cm³/mol. The van der Waals surface area contributed by atoms with Crippen molar-refractivity contribution >= 4 is 17.6 Å². The van der Waals surface area contributed by atoms with Crippen molar-refractivity contribution < 1.29 is 0 Å². The van der Waals surface area contributed by atoms with Crippen LogP contribution in [0, 0.1) is 0 Å². The first-order valence-electron chi connectivity index (χ1n) is 3.93. The van der Waals surface area contributed by atoms with Crippen LogP contribution in [0.5, 0.6) is 0 Å². The van der Waals surface area contributed by atoms with E-state index in [1.54, 1.807) is 6.20 Å². The maximum atomic E-state index is 4.24. The largest absolute Gasteiger partial charge is 0.372 e. The second-order valence-electron chi connectivity index (χ2n) is 2.28. The molecule has 0 aliphatic carbocycles. The Morgan fingerprint density at radius 2 is 2.25 bits per heavy atom. The molecule has 0 aromatic carbocycles. The Morgan fingerprint density at radius 3 is 2.75 bits per heavy atom. The van der Waals surface area contributed by atoms with Crippen LogP contribution in [0.15, 0.2) is 12.4 Å². The summed E-state index contributed by atoms with van der Waals surface area (Å²) in [7, 11) is 1.84. The highest BCUT2D eigenvalue weighted by Crippen LogP contribution is 2.08. The van der Waals surface area contributed by atoms with E-state index in [0.29, 0.717) is 0 Å². The number of nitrogens with one attached hydrogen (secondary N) is 1. The standard InChI is InChI=1S/C8H13N3S/c1-3-12-6-7-4-11-8(9-2)5-10-7/h4-5H,3,6H2,1-2H3,(H,9,11). The molecule has 0 atom stereocenters. The van der Waals surface area contributed by atoms with Crippen molar-refractivity contribution in [2.75, 3.05) is 18.1 Å². The first-order chi connectivity index (χ1) is 5.86. The fourth-order valence-corrected chi connectivity index (χ4v) is 1.33. The summed E-state index contributed by atoms with van der Waals surface area (Å²) in [5, 5.41) is 2.93. The van der Waals surface area contributed by atoms with Crippen molar-refractivity contribution in [3.05, 3.63) is 18.1 Å². The second kappa shape index (κ2) is 4.98. The van der Waals surface area contributed by atoms with Gasteiger partial charge in [0.15, 0.2) is 0 Å². The Hall–Kier alpha value is -0.770. The van der Waals surface area contributed by atoms with E-state index in [2.05, 4.69) is 22.2 Å². The first-order valence-corrected chi connectivity index (χ1v) is 5.08. The van der Waals surface area contributed by atoms with Crippen molar-refractivity contribution in [1.29, 1.82) is 0 Å². The summed E-state index contributed by atoms with van der Waals surface area (Å²) in [6.07, 6.45) is 3.57. The van der Waals surface area contributed by atoms with E-state index in [4.69, 9.17) is 0 Å². The van der Waals surface area contributed by atoms with Crippen LogP contribution in [0.3, 0.4) is 0 Å². The lowest BCUT2D eigenvalue weighted by atomic mass is 10.5. The molecule has 3 nitrogen and oxygen atoms in total. The minimum atomic E-state index is 0.820. The van der Waals surface area contributed by atoms with Crippen LogP contribution >= 0.6 is 11.8 Å². The lowest BCUT2D eigenvalue weighted by molar-refractivity contribution is 1.10. The first kappa shape index (κ1) is 9.32. The monoisotopic (exact) mass is 183 g/mol. The topological polar surface area (TPSA) is 37.8 Å². The van der Waals surface area contributed by atoms with Crippen molar-refractivity contribution in [1.82, 2.24) is 9.97 Å². The van der Waals surface area contributed by atoms with E-state index in [9.17, 15) is 0 Å². The van der Waals surface area contributed by atoms with Gasteiger partial charge in [0.2, 0.25) is 0 Å². The number of anilines is 1. The van der Waals surface area contributed by atoms with E-state index < -0.39 is 0 Å². The normalized spacial score (nSPS) is 9.83. The highest BCUT2D eigenvalue weighted by Gasteiger charge is 1.94. The van der Waals surface area contributed by atoms with Crippen molar-refractivity contribution in [2.24, 2.45) is 0 Å². The minimum Gasteiger partial charge on any atom is -0.372 e. The molecule has 1 rings (SSSR count). The molecular weight excluding hydrogens is 170 g/mol. The zero-order valence-corrected chi connectivity index (χ0v) is 8.19. The molecule has 0 fully saturated rings.